The Morgan fingerprint density at radius 2 is 2.70 bits per heavy atom. The highest BCUT2D eigenvalue weighted by atomic mass is 16.5. The van der Waals surface area contributed by atoms with Gasteiger partial charge in [-0.3, -0.25) is 10.1 Å². The monoisotopic (exact) mass is 141 g/mol. The van der Waals surface area contributed by atoms with Crippen LogP contribution in [0.25, 0.3) is 0 Å². The van der Waals surface area contributed by atoms with Gasteiger partial charge in [0.1, 0.15) is 6.04 Å². The van der Waals surface area contributed by atoms with E-state index in [9.17, 15) is 4.79 Å². The lowest BCUT2D eigenvalue weighted by Crippen LogP contribution is -2.32. The van der Waals surface area contributed by atoms with Crippen LogP contribution >= 0.6 is 0 Å². The van der Waals surface area contributed by atoms with Gasteiger partial charge >= 0.3 is 5.97 Å². The Bertz CT molecular complexity index is 154. The molecule has 0 saturated carbocycles. The first-order chi connectivity index (χ1) is 4.84. The molecule has 0 saturated heterocycles. The smallest absolute Gasteiger partial charge is 0.327 e. The lowest BCUT2D eigenvalue weighted by atomic mass is 10.3. The zero-order chi connectivity index (χ0) is 7.40. The van der Waals surface area contributed by atoms with Crippen molar-refractivity contribution in [3.8, 4) is 0 Å². The number of hydrogen-bond acceptors (Lipinski definition) is 3. The Labute approximate surface area is 60.1 Å². The molecule has 0 aromatic rings. The summed E-state index contributed by atoms with van der Waals surface area (Å²) in [5.74, 6) is -0.184. The Morgan fingerprint density at radius 1 is 1.90 bits per heavy atom. The van der Waals surface area contributed by atoms with E-state index in [4.69, 9.17) is 4.74 Å². The van der Waals surface area contributed by atoms with Gasteiger partial charge in [-0.25, -0.2) is 0 Å². The third-order valence-electron chi connectivity index (χ3n) is 1.32. The van der Waals surface area contributed by atoms with Gasteiger partial charge in [0, 0.05) is 6.54 Å². The SMILES string of the molecule is CCOC(=O)C1C=CCN1. The molecule has 1 aliphatic heterocycles. The van der Waals surface area contributed by atoms with Gasteiger partial charge in [0.15, 0.2) is 0 Å². The predicted molar refractivity (Wildman–Crippen MR) is 37.6 cm³/mol. The molecule has 0 bridgehead atoms. The fraction of sp³-hybridized carbons (Fsp3) is 0.571. The van der Waals surface area contributed by atoms with Crippen molar-refractivity contribution in [3.05, 3.63) is 12.2 Å². The average Bonchev–Trinajstić information content (AvgIpc) is 2.38. The molecule has 3 heteroatoms. The third-order valence-corrected chi connectivity index (χ3v) is 1.32. The van der Waals surface area contributed by atoms with Gasteiger partial charge in [-0.2, -0.15) is 0 Å². The first kappa shape index (κ1) is 7.28. The number of esters is 1. The van der Waals surface area contributed by atoms with Crippen molar-refractivity contribution >= 4 is 5.97 Å². The van der Waals surface area contributed by atoms with Crippen LogP contribution in [-0.2, 0) is 9.53 Å². The topological polar surface area (TPSA) is 38.3 Å². The second kappa shape index (κ2) is 3.37. The molecular weight excluding hydrogens is 130 g/mol. The normalized spacial score (nSPS) is 23.1. The maximum atomic E-state index is 10.9. The summed E-state index contributed by atoms with van der Waals surface area (Å²) in [6.07, 6.45) is 3.74. The fourth-order valence-corrected chi connectivity index (χ4v) is 0.861. The van der Waals surface area contributed by atoms with Crippen LogP contribution in [0, 0.1) is 0 Å². The van der Waals surface area contributed by atoms with Crippen LogP contribution in [-0.4, -0.2) is 25.2 Å². The van der Waals surface area contributed by atoms with Gasteiger partial charge in [0.05, 0.1) is 6.61 Å². The van der Waals surface area contributed by atoms with E-state index >= 15 is 0 Å². The number of hydrogen-bond donors (Lipinski definition) is 1. The van der Waals surface area contributed by atoms with Crippen LogP contribution in [0.4, 0.5) is 0 Å². The molecule has 3 nitrogen and oxygen atoms in total. The molecule has 0 spiro atoms. The molecule has 0 amide bonds. The standard InChI is InChI=1S/C7H11NO2/c1-2-10-7(9)6-4-3-5-8-6/h3-4,6,8H,2,5H2,1H3. The Morgan fingerprint density at radius 3 is 3.20 bits per heavy atom. The van der Waals surface area contributed by atoms with Crippen LogP contribution in [0.1, 0.15) is 6.92 Å². The molecular formula is C7H11NO2. The number of ether oxygens (including phenoxy) is 1. The number of nitrogens with one attached hydrogen (secondary N) is 1. The summed E-state index contributed by atoms with van der Waals surface area (Å²) in [5, 5.41) is 2.96. The molecule has 1 unspecified atom stereocenters. The number of rotatable bonds is 2. The molecule has 0 aromatic carbocycles. The Balaban J connectivity index is 2.33. The summed E-state index contributed by atoms with van der Waals surface area (Å²) in [7, 11) is 0. The molecule has 0 fully saturated rings. The summed E-state index contributed by atoms with van der Waals surface area (Å²) in [4.78, 5) is 10.9. The molecule has 1 atom stereocenters. The predicted octanol–water partition coefficient (Wildman–Crippen LogP) is 0.0775. The molecule has 1 rings (SSSR count). The molecule has 1 heterocycles. The van der Waals surface area contributed by atoms with Gasteiger partial charge in [0.2, 0.25) is 0 Å². The lowest BCUT2D eigenvalue weighted by Gasteiger charge is -2.06. The van der Waals surface area contributed by atoms with Gasteiger partial charge in [-0.1, -0.05) is 12.2 Å². The van der Waals surface area contributed by atoms with E-state index in [1.54, 1.807) is 6.92 Å². The van der Waals surface area contributed by atoms with E-state index in [1.165, 1.54) is 0 Å². The van der Waals surface area contributed by atoms with Crippen molar-refractivity contribution < 1.29 is 9.53 Å². The zero-order valence-electron chi connectivity index (χ0n) is 5.96. The summed E-state index contributed by atoms with van der Waals surface area (Å²) < 4.78 is 4.77. The van der Waals surface area contributed by atoms with E-state index in [0.29, 0.717) is 6.61 Å². The first-order valence-corrected chi connectivity index (χ1v) is 3.41. The van der Waals surface area contributed by atoms with Crippen molar-refractivity contribution in [3.63, 3.8) is 0 Å². The largest absolute Gasteiger partial charge is 0.465 e. The highest BCUT2D eigenvalue weighted by molar-refractivity contribution is 5.78. The second-order valence-electron chi connectivity index (χ2n) is 2.07. The Hall–Kier alpha value is -0.830. The van der Waals surface area contributed by atoms with E-state index in [1.807, 2.05) is 12.2 Å². The second-order valence-corrected chi connectivity index (χ2v) is 2.07. The summed E-state index contributed by atoms with van der Waals surface area (Å²) >= 11 is 0. The minimum atomic E-state index is -0.208. The molecule has 0 aromatic heterocycles. The van der Waals surface area contributed by atoms with Crippen LogP contribution in [0.5, 0.6) is 0 Å². The first-order valence-electron chi connectivity index (χ1n) is 3.41. The van der Waals surface area contributed by atoms with Crippen molar-refractivity contribution in [1.82, 2.24) is 5.32 Å². The number of carbonyl (C=O) groups is 1. The molecule has 1 aliphatic rings. The maximum absolute atomic E-state index is 10.9. The van der Waals surface area contributed by atoms with Crippen LogP contribution in [0.15, 0.2) is 12.2 Å². The van der Waals surface area contributed by atoms with E-state index in [-0.39, 0.29) is 12.0 Å². The van der Waals surface area contributed by atoms with Crippen molar-refractivity contribution in [2.24, 2.45) is 0 Å². The van der Waals surface area contributed by atoms with Gasteiger partial charge in [0.25, 0.3) is 0 Å². The van der Waals surface area contributed by atoms with Gasteiger partial charge in [-0.15, -0.1) is 0 Å². The highest BCUT2D eigenvalue weighted by Gasteiger charge is 2.17. The minimum Gasteiger partial charge on any atom is -0.465 e. The third kappa shape index (κ3) is 1.57. The maximum Gasteiger partial charge on any atom is 0.327 e. The zero-order valence-corrected chi connectivity index (χ0v) is 5.96. The molecule has 0 aliphatic carbocycles. The number of carbonyl (C=O) groups excluding carboxylic acids is 1. The molecule has 56 valence electrons. The van der Waals surface area contributed by atoms with Crippen LogP contribution in [0.2, 0.25) is 0 Å². The summed E-state index contributed by atoms with van der Waals surface area (Å²) in [6, 6.07) is -0.208. The van der Waals surface area contributed by atoms with E-state index in [2.05, 4.69) is 5.32 Å². The van der Waals surface area contributed by atoms with Crippen molar-refractivity contribution in [2.45, 2.75) is 13.0 Å². The van der Waals surface area contributed by atoms with Crippen molar-refractivity contribution in [1.29, 1.82) is 0 Å². The van der Waals surface area contributed by atoms with E-state index in [0.717, 1.165) is 6.54 Å². The van der Waals surface area contributed by atoms with Crippen molar-refractivity contribution in [2.75, 3.05) is 13.2 Å². The summed E-state index contributed by atoms with van der Waals surface area (Å²) in [6.45, 7) is 3.02. The van der Waals surface area contributed by atoms with Gasteiger partial charge in [-0.05, 0) is 6.92 Å². The lowest BCUT2D eigenvalue weighted by molar-refractivity contribution is -0.144. The molecule has 0 radical (unpaired) electrons. The molecule has 1 N–H and O–H groups in total. The highest BCUT2D eigenvalue weighted by Crippen LogP contribution is 1.96. The fourth-order valence-electron chi connectivity index (χ4n) is 0.861. The van der Waals surface area contributed by atoms with Gasteiger partial charge < -0.3 is 4.74 Å². The van der Waals surface area contributed by atoms with Crippen LogP contribution in [0.3, 0.4) is 0 Å². The summed E-state index contributed by atoms with van der Waals surface area (Å²) in [5.41, 5.74) is 0. The molecule has 10 heavy (non-hydrogen) atoms. The quantitative estimate of drug-likeness (QED) is 0.437. The average molecular weight is 141 g/mol. The van der Waals surface area contributed by atoms with Crippen LogP contribution < -0.4 is 5.32 Å². The van der Waals surface area contributed by atoms with E-state index < -0.39 is 0 Å². The minimum absolute atomic E-state index is 0.184. The Kier molecular flexibility index (Phi) is 2.45.